The Morgan fingerprint density at radius 3 is 2.70 bits per heavy atom. The maximum Gasteiger partial charge on any atom is 0.323 e. The lowest BCUT2D eigenvalue weighted by molar-refractivity contribution is -0.137. The van der Waals surface area contributed by atoms with Crippen LogP contribution in [0.4, 0.5) is 0 Å². The van der Waals surface area contributed by atoms with Gasteiger partial charge in [-0.25, -0.2) is 9.97 Å². The van der Waals surface area contributed by atoms with E-state index < -0.39 is 5.97 Å². The van der Waals surface area contributed by atoms with Gasteiger partial charge in [0.2, 0.25) is 0 Å². The van der Waals surface area contributed by atoms with Crippen LogP contribution in [-0.4, -0.2) is 25.6 Å². The molecule has 2 aromatic heterocycles. The zero-order valence-corrected chi connectivity index (χ0v) is 11.1. The lowest BCUT2D eigenvalue weighted by atomic mass is 10.2. The number of pyridine rings is 1. The topological polar surface area (TPSA) is 68.0 Å². The number of benzene rings is 1. The number of imidazole rings is 1. The summed E-state index contributed by atoms with van der Waals surface area (Å²) < 4.78 is 1.58. The monoisotopic (exact) mass is 287 g/mol. The predicted molar refractivity (Wildman–Crippen MR) is 75.6 cm³/mol. The fourth-order valence-corrected chi connectivity index (χ4v) is 2.19. The van der Waals surface area contributed by atoms with Gasteiger partial charge in [0.05, 0.1) is 0 Å². The Labute approximate surface area is 119 Å². The molecule has 100 valence electrons. The molecule has 0 saturated carbocycles. The van der Waals surface area contributed by atoms with Crippen LogP contribution in [0.2, 0.25) is 5.02 Å². The standard InChI is InChI=1S/C14H10ClN3O2/c15-10-5-3-9(4-6-10)13-17-11-2-1-7-16-14(11)18(13)8-12(19)20/h1-7H,8H2,(H,19,20). The van der Waals surface area contributed by atoms with E-state index >= 15 is 0 Å². The summed E-state index contributed by atoms with van der Waals surface area (Å²) in [5, 5.41) is 9.68. The molecule has 0 saturated heterocycles. The summed E-state index contributed by atoms with van der Waals surface area (Å²) in [7, 11) is 0. The maximum atomic E-state index is 11.1. The number of hydrogen-bond donors (Lipinski definition) is 1. The first kappa shape index (κ1) is 12.6. The zero-order chi connectivity index (χ0) is 14.1. The molecule has 0 spiro atoms. The van der Waals surface area contributed by atoms with Crippen LogP contribution in [-0.2, 0) is 11.3 Å². The highest BCUT2D eigenvalue weighted by Crippen LogP contribution is 2.24. The van der Waals surface area contributed by atoms with Crippen LogP contribution in [0.1, 0.15) is 0 Å². The van der Waals surface area contributed by atoms with E-state index in [2.05, 4.69) is 9.97 Å². The number of carboxylic acids is 1. The van der Waals surface area contributed by atoms with Gasteiger partial charge in [-0.1, -0.05) is 11.6 Å². The summed E-state index contributed by atoms with van der Waals surface area (Å²) in [6.45, 7) is -0.189. The molecule has 6 heteroatoms. The van der Waals surface area contributed by atoms with Crippen LogP contribution in [0, 0.1) is 0 Å². The number of halogens is 1. The van der Waals surface area contributed by atoms with Gasteiger partial charge in [0.15, 0.2) is 5.65 Å². The van der Waals surface area contributed by atoms with Crippen LogP contribution < -0.4 is 0 Å². The van der Waals surface area contributed by atoms with Crippen LogP contribution in [0.25, 0.3) is 22.6 Å². The molecule has 3 rings (SSSR count). The van der Waals surface area contributed by atoms with Crippen LogP contribution >= 0.6 is 11.6 Å². The number of carboxylic acid groups (broad SMARTS) is 1. The number of hydrogen-bond acceptors (Lipinski definition) is 3. The molecule has 0 atom stereocenters. The third-order valence-electron chi connectivity index (χ3n) is 2.90. The quantitative estimate of drug-likeness (QED) is 0.804. The molecule has 2 heterocycles. The zero-order valence-electron chi connectivity index (χ0n) is 10.3. The summed E-state index contributed by atoms with van der Waals surface area (Å²) in [5.74, 6) is -0.372. The maximum absolute atomic E-state index is 11.1. The molecule has 0 amide bonds. The molecule has 1 aromatic carbocycles. The Kier molecular flexibility index (Phi) is 3.12. The highest BCUT2D eigenvalue weighted by molar-refractivity contribution is 6.30. The summed E-state index contributed by atoms with van der Waals surface area (Å²) in [4.78, 5) is 19.7. The molecule has 0 aliphatic rings. The minimum absolute atomic E-state index is 0.189. The average Bonchev–Trinajstić information content (AvgIpc) is 2.78. The molecule has 0 unspecified atom stereocenters. The van der Waals surface area contributed by atoms with Crippen molar-refractivity contribution in [3.05, 3.63) is 47.6 Å². The Hall–Kier alpha value is -2.40. The van der Waals surface area contributed by atoms with Crippen LogP contribution in [0.15, 0.2) is 42.6 Å². The van der Waals surface area contributed by atoms with E-state index in [0.29, 0.717) is 22.0 Å². The van der Waals surface area contributed by atoms with E-state index in [-0.39, 0.29) is 6.54 Å². The average molecular weight is 288 g/mol. The van der Waals surface area contributed by atoms with Gasteiger partial charge >= 0.3 is 5.97 Å². The molecule has 0 aliphatic carbocycles. The van der Waals surface area contributed by atoms with E-state index in [9.17, 15) is 4.79 Å². The normalized spacial score (nSPS) is 10.8. The summed E-state index contributed by atoms with van der Waals surface area (Å²) >= 11 is 5.87. The molecule has 1 N–H and O–H groups in total. The molecule has 0 radical (unpaired) electrons. The van der Waals surface area contributed by atoms with Crippen LogP contribution in [0.3, 0.4) is 0 Å². The number of carbonyl (C=O) groups is 1. The third-order valence-corrected chi connectivity index (χ3v) is 3.15. The Bertz CT molecular complexity index is 781. The van der Waals surface area contributed by atoms with Gasteiger partial charge in [-0.15, -0.1) is 0 Å². The number of aromatic nitrogens is 3. The van der Waals surface area contributed by atoms with E-state index in [4.69, 9.17) is 16.7 Å². The first-order valence-corrected chi connectivity index (χ1v) is 6.32. The molecule has 20 heavy (non-hydrogen) atoms. The second-order valence-electron chi connectivity index (χ2n) is 4.27. The first-order chi connectivity index (χ1) is 9.65. The van der Waals surface area contributed by atoms with Gasteiger partial charge in [-0.05, 0) is 36.4 Å². The Balaban J connectivity index is 2.23. The number of fused-ring (bicyclic) bond motifs is 1. The second kappa shape index (κ2) is 4.94. The van der Waals surface area contributed by atoms with E-state index in [1.54, 1.807) is 35.0 Å². The van der Waals surface area contributed by atoms with E-state index in [1.165, 1.54) is 0 Å². The Morgan fingerprint density at radius 1 is 1.25 bits per heavy atom. The van der Waals surface area contributed by atoms with Crippen LogP contribution in [0.5, 0.6) is 0 Å². The molecule has 0 bridgehead atoms. The van der Waals surface area contributed by atoms with Crippen molar-refractivity contribution in [1.29, 1.82) is 0 Å². The van der Waals surface area contributed by atoms with Crippen molar-refractivity contribution in [2.24, 2.45) is 0 Å². The van der Waals surface area contributed by atoms with Gasteiger partial charge in [0, 0.05) is 16.8 Å². The van der Waals surface area contributed by atoms with Crippen molar-refractivity contribution in [3.63, 3.8) is 0 Å². The molecule has 5 nitrogen and oxygen atoms in total. The van der Waals surface area contributed by atoms with Gasteiger partial charge < -0.3 is 5.11 Å². The van der Waals surface area contributed by atoms with Gasteiger partial charge in [0.25, 0.3) is 0 Å². The van der Waals surface area contributed by atoms with Crippen molar-refractivity contribution in [2.75, 3.05) is 0 Å². The van der Waals surface area contributed by atoms with Gasteiger partial charge in [-0.2, -0.15) is 0 Å². The SMILES string of the molecule is O=C(O)Cn1c(-c2ccc(Cl)cc2)nc2cccnc21. The third kappa shape index (κ3) is 2.23. The summed E-state index contributed by atoms with van der Waals surface area (Å²) in [6, 6.07) is 10.7. The first-order valence-electron chi connectivity index (χ1n) is 5.94. The molecule has 0 aliphatic heterocycles. The lowest BCUT2D eigenvalue weighted by Crippen LogP contribution is -2.10. The fourth-order valence-electron chi connectivity index (χ4n) is 2.06. The second-order valence-corrected chi connectivity index (χ2v) is 4.70. The number of nitrogens with zero attached hydrogens (tertiary/aromatic N) is 3. The molecule has 0 fully saturated rings. The summed E-state index contributed by atoms with van der Waals surface area (Å²) in [5.41, 5.74) is 2.02. The van der Waals surface area contributed by atoms with Crippen molar-refractivity contribution in [2.45, 2.75) is 6.54 Å². The minimum atomic E-state index is -0.940. The minimum Gasteiger partial charge on any atom is -0.480 e. The summed E-state index contributed by atoms with van der Waals surface area (Å²) in [6.07, 6.45) is 1.62. The smallest absolute Gasteiger partial charge is 0.323 e. The van der Waals surface area contributed by atoms with Gasteiger partial charge in [-0.3, -0.25) is 9.36 Å². The number of rotatable bonds is 3. The molecule has 3 aromatic rings. The highest BCUT2D eigenvalue weighted by atomic mass is 35.5. The largest absolute Gasteiger partial charge is 0.480 e. The number of aliphatic carboxylic acids is 1. The highest BCUT2D eigenvalue weighted by Gasteiger charge is 2.15. The molecular formula is C14H10ClN3O2. The van der Waals surface area contributed by atoms with Gasteiger partial charge in [0.1, 0.15) is 17.9 Å². The van der Waals surface area contributed by atoms with Crippen molar-refractivity contribution in [3.8, 4) is 11.4 Å². The fraction of sp³-hybridized carbons (Fsp3) is 0.0714. The van der Waals surface area contributed by atoms with E-state index in [0.717, 1.165) is 5.56 Å². The van der Waals surface area contributed by atoms with E-state index in [1.807, 2.05) is 12.1 Å². The lowest BCUT2D eigenvalue weighted by Gasteiger charge is -2.05. The molecular weight excluding hydrogens is 278 g/mol. The van der Waals surface area contributed by atoms with Crippen molar-refractivity contribution >= 4 is 28.7 Å². The van der Waals surface area contributed by atoms with Crippen molar-refractivity contribution < 1.29 is 9.90 Å². The van der Waals surface area contributed by atoms with Crippen molar-refractivity contribution in [1.82, 2.24) is 14.5 Å². The predicted octanol–water partition coefficient (Wildman–Crippen LogP) is 2.84. The Morgan fingerprint density at radius 2 is 2.00 bits per heavy atom.